The summed E-state index contributed by atoms with van der Waals surface area (Å²) in [5.41, 5.74) is 2.42. The molecule has 2 aromatic heterocycles. The minimum absolute atomic E-state index is 0.729. The fourth-order valence-electron chi connectivity index (χ4n) is 2.17. The van der Waals surface area contributed by atoms with E-state index >= 15 is 0 Å². The van der Waals surface area contributed by atoms with Crippen molar-refractivity contribution in [2.75, 3.05) is 0 Å². The first-order chi connectivity index (χ1) is 9.79. The Balaban J connectivity index is 1.97. The molecule has 3 aromatic rings. The minimum atomic E-state index is -0.738. The predicted octanol–water partition coefficient (Wildman–Crippen LogP) is 2.17. The van der Waals surface area contributed by atoms with Gasteiger partial charge in [0.15, 0.2) is 0 Å². The zero-order chi connectivity index (χ0) is 13.9. The summed E-state index contributed by atoms with van der Waals surface area (Å²) in [6.45, 7) is 2.79. The summed E-state index contributed by atoms with van der Waals surface area (Å²) >= 11 is 0. The molecule has 2 heterocycles. The third-order valence-electron chi connectivity index (χ3n) is 3.25. The van der Waals surface area contributed by atoms with Crippen LogP contribution < -0.4 is 0 Å². The molecule has 20 heavy (non-hydrogen) atoms. The number of para-hydroxylation sites is 1. The third-order valence-corrected chi connectivity index (χ3v) is 3.25. The van der Waals surface area contributed by atoms with Crippen LogP contribution in [0.25, 0.3) is 5.69 Å². The molecule has 0 aliphatic heterocycles. The molecule has 0 bridgehead atoms. The van der Waals surface area contributed by atoms with Crippen molar-refractivity contribution in [1.29, 1.82) is 0 Å². The molecule has 0 aliphatic rings. The van der Waals surface area contributed by atoms with Crippen molar-refractivity contribution < 1.29 is 5.11 Å². The molecule has 0 aliphatic carbocycles. The van der Waals surface area contributed by atoms with Crippen LogP contribution in [-0.2, 0) is 6.54 Å². The fourth-order valence-corrected chi connectivity index (χ4v) is 2.17. The Kier molecular flexibility index (Phi) is 3.35. The van der Waals surface area contributed by atoms with Crippen LogP contribution in [0.15, 0.2) is 55.0 Å². The van der Waals surface area contributed by atoms with E-state index in [1.54, 1.807) is 21.8 Å². The van der Waals surface area contributed by atoms with Crippen LogP contribution in [0.4, 0.5) is 0 Å². The monoisotopic (exact) mass is 268 g/mol. The minimum Gasteiger partial charge on any atom is -0.382 e. The van der Waals surface area contributed by atoms with Gasteiger partial charge in [0.2, 0.25) is 0 Å². The topological polar surface area (TPSA) is 55.9 Å². The van der Waals surface area contributed by atoms with Crippen molar-refractivity contribution in [3.63, 3.8) is 0 Å². The lowest BCUT2D eigenvalue weighted by Gasteiger charge is -2.12. The molecule has 1 unspecified atom stereocenters. The number of aryl methyl sites for hydroxylation is 1. The molecule has 5 nitrogen and oxygen atoms in total. The normalized spacial score (nSPS) is 12.5. The van der Waals surface area contributed by atoms with Crippen molar-refractivity contribution in [1.82, 2.24) is 19.6 Å². The van der Waals surface area contributed by atoms with E-state index in [1.807, 2.05) is 49.5 Å². The molecule has 102 valence electrons. The van der Waals surface area contributed by atoms with Gasteiger partial charge in [-0.25, -0.2) is 4.68 Å². The van der Waals surface area contributed by atoms with E-state index in [0.717, 1.165) is 23.5 Å². The van der Waals surface area contributed by atoms with Gasteiger partial charge in [-0.2, -0.15) is 10.2 Å². The summed E-state index contributed by atoms with van der Waals surface area (Å²) in [7, 11) is 0. The number of aliphatic hydroxyl groups is 1. The number of nitrogens with zero attached hydrogens (tertiary/aromatic N) is 4. The lowest BCUT2D eigenvalue weighted by Crippen LogP contribution is -2.08. The largest absolute Gasteiger partial charge is 0.382 e. The second-order valence-corrected chi connectivity index (χ2v) is 4.54. The van der Waals surface area contributed by atoms with E-state index in [0.29, 0.717) is 0 Å². The van der Waals surface area contributed by atoms with Crippen LogP contribution in [0.2, 0.25) is 0 Å². The molecule has 1 aromatic carbocycles. The molecule has 0 fully saturated rings. The van der Waals surface area contributed by atoms with Gasteiger partial charge in [0.05, 0.1) is 17.6 Å². The number of aromatic nitrogens is 4. The highest BCUT2D eigenvalue weighted by molar-refractivity contribution is 5.34. The smallest absolute Gasteiger partial charge is 0.124 e. The Morgan fingerprint density at radius 3 is 2.65 bits per heavy atom. The van der Waals surface area contributed by atoms with E-state index in [-0.39, 0.29) is 0 Å². The summed E-state index contributed by atoms with van der Waals surface area (Å²) in [5.74, 6) is 0. The molecule has 0 radical (unpaired) electrons. The van der Waals surface area contributed by atoms with E-state index in [4.69, 9.17) is 0 Å². The number of hydrogen-bond acceptors (Lipinski definition) is 3. The van der Waals surface area contributed by atoms with Crippen LogP contribution in [-0.4, -0.2) is 24.7 Å². The number of hydrogen-bond donors (Lipinski definition) is 1. The van der Waals surface area contributed by atoms with Gasteiger partial charge >= 0.3 is 0 Å². The molecule has 0 saturated heterocycles. The van der Waals surface area contributed by atoms with Crippen LogP contribution in [0.3, 0.4) is 0 Å². The lowest BCUT2D eigenvalue weighted by molar-refractivity contribution is 0.212. The number of rotatable bonds is 4. The van der Waals surface area contributed by atoms with E-state index in [9.17, 15) is 5.11 Å². The average Bonchev–Trinajstić information content (AvgIpc) is 3.16. The highest BCUT2D eigenvalue weighted by Gasteiger charge is 2.17. The first-order valence-electron chi connectivity index (χ1n) is 6.59. The van der Waals surface area contributed by atoms with Gasteiger partial charge in [-0.1, -0.05) is 18.2 Å². The van der Waals surface area contributed by atoms with Gasteiger partial charge in [-0.15, -0.1) is 0 Å². The van der Waals surface area contributed by atoms with Crippen LogP contribution in [0.1, 0.15) is 24.3 Å². The van der Waals surface area contributed by atoms with Crippen LogP contribution in [0.5, 0.6) is 0 Å². The van der Waals surface area contributed by atoms with Gasteiger partial charge in [0.25, 0.3) is 0 Å². The molecular weight excluding hydrogens is 252 g/mol. The van der Waals surface area contributed by atoms with Crippen molar-refractivity contribution in [2.24, 2.45) is 0 Å². The molecule has 1 atom stereocenters. The summed E-state index contributed by atoms with van der Waals surface area (Å²) < 4.78 is 3.54. The molecule has 0 spiro atoms. The zero-order valence-corrected chi connectivity index (χ0v) is 11.2. The average molecular weight is 268 g/mol. The maximum Gasteiger partial charge on any atom is 0.124 e. The van der Waals surface area contributed by atoms with Gasteiger partial charge in [-0.05, 0) is 25.1 Å². The number of benzene rings is 1. The summed E-state index contributed by atoms with van der Waals surface area (Å²) in [6, 6.07) is 11.6. The lowest BCUT2D eigenvalue weighted by atomic mass is 10.1. The zero-order valence-electron chi connectivity index (χ0n) is 11.2. The third kappa shape index (κ3) is 2.23. The van der Waals surface area contributed by atoms with E-state index in [2.05, 4.69) is 10.2 Å². The molecule has 0 amide bonds. The molecule has 1 N–H and O–H groups in total. The van der Waals surface area contributed by atoms with Gasteiger partial charge in [0, 0.05) is 24.5 Å². The Hall–Kier alpha value is -2.40. The highest BCUT2D eigenvalue weighted by Crippen LogP contribution is 2.23. The predicted molar refractivity (Wildman–Crippen MR) is 75.5 cm³/mol. The Morgan fingerprint density at radius 1 is 1.15 bits per heavy atom. The summed E-state index contributed by atoms with van der Waals surface area (Å²) in [6.07, 6.45) is 4.50. The molecule has 0 saturated carbocycles. The van der Waals surface area contributed by atoms with Crippen molar-refractivity contribution in [3.05, 3.63) is 66.2 Å². The van der Waals surface area contributed by atoms with Crippen LogP contribution in [0, 0.1) is 0 Å². The Bertz CT molecular complexity index is 687. The highest BCUT2D eigenvalue weighted by atomic mass is 16.3. The Morgan fingerprint density at radius 2 is 1.95 bits per heavy atom. The molecular formula is C15H16N4O. The molecule has 5 heteroatoms. The summed E-state index contributed by atoms with van der Waals surface area (Å²) in [4.78, 5) is 0. The van der Waals surface area contributed by atoms with Crippen molar-refractivity contribution in [2.45, 2.75) is 19.6 Å². The Labute approximate surface area is 117 Å². The van der Waals surface area contributed by atoms with E-state index < -0.39 is 6.10 Å². The second kappa shape index (κ2) is 5.30. The van der Waals surface area contributed by atoms with Gasteiger partial charge in [0.1, 0.15) is 6.10 Å². The maximum atomic E-state index is 10.5. The summed E-state index contributed by atoms with van der Waals surface area (Å²) in [5, 5.41) is 19.0. The fraction of sp³-hybridized carbons (Fsp3) is 0.200. The maximum absolute atomic E-state index is 10.5. The SMILES string of the molecule is CCn1cc(C(O)c2ccnn2-c2ccccc2)cn1. The van der Waals surface area contributed by atoms with Gasteiger partial charge in [-0.3, -0.25) is 4.68 Å². The van der Waals surface area contributed by atoms with Crippen LogP contribution >= 0.6 is 0 Å². The standard InChI is InChI=1S/C15H16N4O/c1-2-18-11-12(10-17-18)15(20)14-8-9-16-19(14)13-6-4-3-5-7-13/h3-11,15,20H,2H2,1H3. The first kappa shape index (κ1) is 12.6. The number of aliphatic hydroxyl groups excluding tert-OH is 1. The molecule has 3 rings (SSSR count). The van der Waals surface area contributed by atoms with Crippen molar-refractivity contribution >= 4 is 0 Å². The second-order valence-electron chi connectivity index (χ2n) is 4.54. The van der Waals surface area contributed by atoms with Crippen molar-refractivity contribution in [3.8, 4) is 5.69 Å². The first-order valence-corrected chi connectivity index (χ1v) is 6.59. The van der Waals surface area contributed by atoms with E-state index in [1.165, 1.54) is 0 Å². The van der Waals surface area contributed by atoms with Gasteiger partial charge < -0.3 is 5.11 Å². The quantitative estimate of drug-likeness (QED) is 0.789.